The first-order valence-corrected chi connectivity index (χ1v) is 7.93. The molecule has 2 atom stereocenters. The third-order valence-corrected chi connectivity index (χ3v) is 6.22. The smallest absolute Gasteiger partial charge is 0.318 e. The van der Waals surface area contributed by atoms with Crippen molar-refractivity contribution < 1.29 is 9.59 Å². The van der Waals surface area contributed by atoms with Gasteiger partial charge < -0.3 is 4.90 Å². The van der Waals surface area contributed by atoms with Gasteiger partial charge in [0.15, 0.2) is 0 Å². The SMILES string of the molecule is CC12CC3CC(C)(C1)CC(N1CCC(=O)NC1=O)(C3)C2. The molecule has 4 nitrogen and oxygen atoms in total. The molecule has 110 valence electrons. The van der Waals surface area contributed by atoms with E-state index in [0.29, 0.717) is 23.8 Å². The van der Waals surface area contributed by atoms with Crippen LogP contribution in [0.4, 0.5) is 4.79 Å². The van der Waals surface area contributed by atoms with Crippen LogP contribution in [0.1, 0.15) is 58.8 Å². The summed E-state index contributed by atoms with van der Waals surface area (Å²) >= 11 is 0. The monoisotopic (exact) mass is 276 g/mol. The van der Waals surface area contributed by atoms with Gasteiger partial charge >= 0.3 is 6.03 Å². The summed E-state index contributed by atoms with van der Waals surface area (Å²) < 4.78 is 0. The van der Waals surface area contributed by atoms with Crippen molar-refractivity contribution in [2.45, 2.75) is 64.3 Å². The molecule has 5 fully saturated rings. The summed E-state index contributed by atoms with van der Waals surface area (Å²) in [7, 11) is 0. The normalized spacial score (nSPS) is 50.5. The first kappa shape index (κ1) is 12.7. The van der Waals surface area contributed by atoms with Crippen molar-refractivity contribution in [1.82, 2.24) is 10.2 Å². The van der Waals surface area contributed by atoms with Crippen LogP contribution in [-0.2, 0) is 4.79 Å². The highest BCUT2D eigenvalue weighted by Crippen LogP contribution is 2.67. The Hall–Kier alpha value is -1.06. The zero-order chi connectivity index (χ0) is 14.2. The van der Waals surface area contributed by atoms with Gasteiger partial charge in [-0.05, 0) is 55.3 Å². The van der Waals surface area contributed by atoms with Crippen molar-refractivity contribution in [3.8, 4) is 0 Å². The lowest BCUT2D eigenvalue weighted by Gasteiger charge is -2.67. The van der Waals surface area contributed by atoms with Crippen LogP contribution < -0.4 is 5.32 Å². The first-order chi connectivity index (χ1) is 9.32. The molecule has 0 radical (unpaired) electrons. The minimum atomic E-state index is -0.143. The van der Waals surface area contributed by atoms with Crippen molar-refractivity contribution in [2.24, 2.45) is 16.7 Å². The molecule has 0 spiro atoms. The molecule has 1 N–H and O–H groups in total. The van der Waals surface area contributed by atoms with E-state index in [1.807, 2.05) is 4.90 Å². The summed E-state index contributed by atoms with van der Waals surface area (Å²) in [5, 5.41) is 2.53. The van der Waals surface area contributed by atoms with Gasteiger partial charge in [-0.2, -0.15) is 0 Å². The first-order valence-electron chi connectivity index (χ1n) is 7.93. The van der Waals surface area contributed by atoms with Gasteiger partial charge in [0.2, 0.25) is 5.91 Å². The van der Waals surface area contributed by atoms with Crippen molar-refractivity contribution in [2.75, 3.05) is 6.54 Å². The van der Waals surface area contributed by atoms with Crippen LogP contribution in [0.15, 0.2) is 0 Å². The number of rotatable bonds is 1. The van der Waals surface area contributed by atoms with E-state index in [-0.39, 0.29) is 17.5 Å². The van der Waals surface area contributed by atoms with E-state index in [0.717, 1.165) is 25.2 Å². The molecule has 0 aromatic heterocycles. The van der Waals surface area contributed by atoms with Gasteiger partial charge in [0, 0.05) is 18.5 Å². The average Bonchev–Trinajstić information content (AvgIpc) is 2.22. The summed E-state index contributed by atoms with van der Waals surface area (Å²) in [6.45, 7) is 5.44. The fraction of sp³-hybridized carbons (Fsp3) is 0.875. The van der Waals surface area contributed by atoms with Crippen LogP contribution in [0.3, 0.4) is 0 Å². The fourth-order valence-electron chi connectivity index (χ4n) is 6.71. The van der Waals surface area contributed by atoms with Gasteiger partial charge in [0.05, 0.1) is 0 Å². The molecule has 3 amide bonds. The second-order valence-electron chi connectivity index (χ2n) is 8.61. The minimum Gasteiger partial charge on any atom is -0.318 e. The summed E-state index contributed by atoms with van der Waals surface area (Å²) in [6.07, 6.45) is 7.86. The number of urea groups is 1. The Morgan fingerprint density at radius 2 is 1.70 bits per heavy atom. The lowest BCUT2D eigenvalue weighted by Crippen LogP contribution is -2.69. The number of hydrogen-bond donors (Lipinski definition) is 1. The van der Waals surface area contributed by atoms with Crippen LogP contribution in [-0.4, -0.2) is 28.9 Å². The molecule has 20 heavy (non-hydrogen) atoms. The van der Waals surface area contributed by atoms with Gasteiger partial charge in [-0.3, -0.25) is 10.1 Å². The zero-order valence-corrected chi connectivity index (χ0v) is 12.5. The Labute approximate surface area is 120 Å². The van der Waals surface area contributed by atoms with Crippen molar-refractivity contribution >= 4 is 11.9 Å². The predicted molar refractivity (Wildman–Crippen MR) is 75.0 cm³/mol. The highest BCUT2D eigenvalue weighted by molar-refractivity contribution is 5.97. The molecule has 4 bridgehead atoms. The van der Waals surface area contributed by atoms with E-state index in [2.05, 4.69) is 19.2 Å². The summed E-state index contributed by atoms with van der Waals surface area (Å²) in [4.78, 5) is 25.8. The van der Waals surface area contributed by atoms with E-state index in [1.54, 1.807) is 0 Å². The number of carbonyl (C=O) groups is 2. The molecule has 4 saturated carbocycles. The number of carbonyl (C=O) groups excluding carboxylic acids is 2. The third-order valence-electron chi connectivity index (χ3n) is 6.22. The predicted octanol–water partition coefficient (Wildman–Crippen LogP) is 2.68. The minimum absolute atomic E-state index is 0.0215. The lowest BCUT2D eigenvalue weighted by atomic mass is 9.42. The van der Waals surface area contributed by atoms with E-state index in [1.165, 1.54) is 19.3 Å². The van der Waals surface area contributed by atoms with Crippen molar-refractivity contribution in [3.05, 3.63) is 0 Å². The number of hydrogen-bond acceptors (Lipinski definition) is 2. The van der Waals surface area contributed by atoms with Crippen LogP contribution in [0.25, 0.3) is 0 Å². The summed E-state index contributed by atoms with van der Waals surface area (Å²) in [5.41, 5.74) is 0.819. The van der Waals surface area contributed by atoms with Crippen LogP contribution in [0.5, 0.6) is 0 Å². The Kier molecular flexibility index (Phi) is 2.26. The van der Waals surface area contributed by atoms with Crippen molar-refractivity contribution in [3.63, 3.8) is 0 Å². The summed E-state index contributed by atoms with van der Waals surface area (Å²) in [5.74, 6) is 0.653. The highest BCUT2D eigenvalue weighted by atomic mass is 16.2. The molecule has 1 aliphatic heterocycles. The maximum absolute atomic E-state index is 12.3. The maximum atomic E-state index is 12.3. The number of imide groups is 1. The van der Waals surface area contributed by atoms with Crippen molar-refractivity contribution in [1.29, 1.82) is 0 Å². The molecule has 0 aromatic rings. The highest BCUT2D eigenvalue weighted by Gasteiger charge is 2.62. The van der Waals surface area contributed by atoms with Gasteiger partial charge in [-0.1, -0.05) is 13.8 Å². The topological polar surface area (TPSA) is 49.4 Å². The molecule has 5 aliphatic rings. The molecule has 4 aliphatic carbocycles. The second-order valence-corrected chi connectivity index (χ2v) is 8.61. The lowest BCUT2D eigenvalue weighted by molar-refractivity contribution is -0.153. The Morgan fingerprint density at radius 3 is 2.25 bits per heavy atom. The largest absolute Gasteiger partial charge is 0.324 e. The van der Waals surface area contributed by atoms with Crippen LogP contribution in [0, 0.1) is 16.7 Å². The molecule has 1 heterocycles. The zero-order valence-electron chi connectivity index (χ0n) is 12.5. The fourth-order valence-corrected chi connectivity index (χ4v) is 6.71. The Morgan fingerprint density at radius 1 is 1.05 bits per heavy atom. The van der Waals surface area contributed by atoms with Crippen LogP contribution >= 0.6 is 0 Å². The molecule has 2 unspecified atom stereocenters. The van der Waals surface area contributed by atoms with Gasteiger partial charge in [0.1, 0.15) is 0 Å². The molecule has 1 saturated heterocycles. The van der Waals surface area contributed by atoms with Gasteiger partial charge in [-0.15, -0.1) is 0 Å². The quantitative estimate of drug-likeness (QED) is 0.800. The molecule has 4 heteroatoms. The van der Waals surface area contributed by atoms with Gasteiger partial charge in [-0.25, -0.2) is 4.79 Å². The van der Waals surface area contributed by atoms with Gasteiger partial charge in [0.25, 0.3) is 0 Å². The number of nitrogens with zero attached hydrogens (tertiary/aromatic N) is 1. The van der Waals surface area contributed by atoms with E-state index in [4.69, 9.17) is 0 Å². The molecular weight excluding hydrogens is 252 g/mol. The number of amides is 3. The number of nitrogens with one attached hydrogen (secondary N) is 1. The molecular formula is C16H24N2O2. The summed E-state index contributed by atoms with van der Waals surface area (Å²) in [6, 6.07) is -0.143. The third kappa shape index (κ3) is 1.66. The van der Waals surface area contributed by atoms with E-state index in [9.17, 15) is 9.59 Å². The maximum Gasteiger partial charge on any atom is 0.324 e. The Balaban J connectivity index is 1.70. The van der Waals surface area contributed by atoms with E-state index >= 15 is 0 Å². The molecule has 5 rings (SSSR count). The average molecular weight is 276 g/mol. The van der Waals surface area contributed by atoms with E-state index < -0.39 is 0 Å². The standard InChI is InChI=1S/C16H24N2O2/c1-14-5-11-6-15(2,8-14)10-16(7-11,9-14)18-4-3-12(19)17-13(18)20/h11H,3-10H2,1-2H3,(H,17,19,20). The second kappa shape index (κ2) is 3.58. The molecule has 0 aromatic carbocycles. The van der Waals surface area contributed by atoms with Crippen LogP contribution in [0.2, 0.25) is 0 Å². The Bertz CT molecular complexity index is 483.